The van der Waals surface area contributed by atoms with E-state index in [9.17, 15) is 13.2 Å². The Morgan fingerprint density at radius 3 is 2.09 bits per heavy atom. The number of nitrogens with one attached hydrogen (secondary N) is 1. The number of rotatable bonds is 8. The van der Waals surface area contributed by atoms with Crippen LogP contribution in [0.5, 0.6) is 0 Å². The molecule has 0 fully saturated rings. The van der Waals surface area contributed by atoms with E-state index in [1.54, 1.807) is 60.9 Å². The molecule has 0 saturated carbocycles. The molecule has 0 aliphatic carbocycles. The van der Waals surface area contributed by atoms with Gasteiger partial charge in [-0.2, -0.15) is 0 Å². The van der Waals surface area contributed by atoms with Gasteiger partial charge in [-0.1, -0.05) is 41.4 Å². The molecule has 1 aromatic heterocycles. The van der Waals surface area contributed by atoms with Crippen molar-refractivity contribution in [2.24, 2.45) is 0 Å². The first-order valence-electron chi connectivity index (χ1n) is 10.9. The van der Waals surface area contributed by atoms with Crippen LogP contribution in [0.25, 0.3) is 0 Å². The number of aromatic nitrogens is 1. The molecular formula is C27H24ClN3O3S. The van der Waals surface area contributed by atoms with Crippen molar-refractivity contribution in [2.75, 3.05) is 16.2 Å². The Morgan fingerprint density at radius 2 is 1.46 bits per heavy atom. The fourth-order valence-electron chi connectivity index (χ4n) is 3.53. The molecule has 0 unspecified atom stereocenters. The van der Waals surface area contributed by atoms with Crippen LogP contribution in [0, 0.1) is 6.92 Å². The zero-order chi connectivity index (χ0) is 24.8. The molecule has 0 saturated heterocycles. The van der Waals surface area contributed by atoms with E-state index in [1.165, 1.54) is 12.1 Å². The molecule has 4 rings (SSSR count). The second-order valence-corrected chi connectivity index (χ2v) is 10.4. The number of aryl methyl sites for hydroxylation is 1. The molecule has 0 aliphatic heterocycles. The Bertz CT molecular complexity index is 1390. The van der Waals surface area contributed by atoms with Gasteiger partial charge in [0.15, 0.2) is 0 Å². The maximum absolute atomic E-state index is 13.4. The molecule has 0 aliphatic rings. The maximum atomic E-state index is 13.4. The predicted molar refractivity (Wildman–Crippen MR) is 139 cm³/mol. The lowest BCUT2D eigenvalue weighted by atomic mass is 10.1. The van der Waals surface area contributed by atoms with Gasteiger partial charge in [0, 0.05) is 23.1 Å². The Hall–Kier alpha value is -3.68. The minimum absolute atomic E-state index is 0.103. The Morgan fingerprint density at radius 1 is 0.857 bits per heavy atom. The van der Waals surface area contributed by atoms with Gasteiger partial charge in [-0.15, -0.1) is 0 Å². The Labute approximate surface area is 210 Å². The summed E-state index contributed by atoms with van der Waals surface area (Å²) in [6.07, 6.45) is 4.25. The largest absolute Gasteiger partial charge is 0.325 e. The van der Waals surface area contributed by atoms with E-state index in [4.69, 9.17) is 11.6 Å². The van der Waals surface area contributed by atoms with Crippen LogP contribution in [0.2, 0.25) is 5.02 Å². The number of anilines is 2. The lowest BCUT2D eigenvalue weighted by molar-refractivity contribution is -0.114. The van der Waals surface area contributed by atoms with Gasteiger partial charge in [0.1, 0.15) is 6.54 Å². The second kappa shape index (κ2) is 10.7. The minimum Gasteiger partial charge on any atom is -0.325 e. The van der Waals surface area contributed by atoms with Crippen LogP contribution >= 0.6 is 11.6 Å². The van der Waals surface area contributed by atoms with Crippen LogP contribution in [-0.2, 0) is 21.2 Å². The Kier molecular flexibility index (Phi) is 7.48. The third kappa shape index (κ3) is 6.26. The third-order valence-electron chi connectivity index (χ3n) is 5.41. The number of halogens is 1. The Balaban J connectivity index is 1.52. The number of nitrogens with zero attached hydrogens (tertiary/aromatic N) is 2. The van der Waals surface area contributed by atoms with Crippen molar-refractivity contribution in [2.45, 2.75) is 18.2 Å². The van der Waals surface area contributed by atoms with E-state index in [2.05, 4.69) is 10.3 Å². The van der Waals surface area contributed by atoms with Gasteiger partial charge < -0.3 is 5.32 Å². The first-order valence-corrected chi connectivity index (χ1v) is 12.8. The monoisotopic (exact) mass is 505 g/mol. The molecule has 1 heterocycles. The van der Waals surface area contributed by atoms with Gasteiger partial charge in [0.25, 0.3) is 10.0 Å². The SMILES string of the molecule is Cc1ccc(S(=O)(=O)N(CC(=O)Nc2ccc(Cc3ccncc3)cc2)c2ccc(Cl)cc2)cc1. The number of hydrogen-bond acceptors (Lipinski definition) is 4. The van der Waals surface area contributed by atoms with E-state index in [-0.39, 0.29) is 4.90 Å². The number of carbonyl (C=O) groups excluding carboxylic acids is 1. The first-order chi connectivity index (χ1) is 16.8. The van der Waals surface area contributed by atoms with Crippen molar-refractivity contribution in [1.82, 2.24) is 4.98 Å². The molecule has 0 bridgehead atoms. The quantitative estimate of drug-likeness (QED) is 0.344. The molecule has 3 aromatic carbocycles. The summed E-state index contributed by atoms with van der Waals surface area (Å²) in [5.74, 6) is -0.461. The summed E-state index contributed by atoms with van der Waals surface area (Å²) in [4.78, 5) is 17.0. The average molecular weight is 506 g/mol. The van der Waals surface area contributed by atoms with Gasteiger partial charge in [-0.25, -0.2) is 8.42 Å². The standard InChI is InChI=1S/C27H24ClN3O3S/c1-20-2-12-26(13-3-20)35(33,34)31(25-10-6-23(28)7-11-25)19-27(32)30-24-8-4-21(5-9-24)18-22-14-16-29-17-15-22/h2-17H,18-19H2,1H3,(H,30,32). The molecule has 8 heteroatoms. The van der Waals surface area contributed by atoms with Crippen molar-refractivity contribution < 1.29 is 13.2 Å². The van der Waals surface area contributed by atoms with Gasteiger partial charge >= 0.3 is 0 Å². The predicted octanol–water partition coefficient (Wildman–Crippen LogP) is 5.47. The van der Waals surface area contributed by atoms with Crippen molar-refractivity contribution in [3.05, 3.63) is 119 Å². The molecule has 0 atom stereocenters. The number of amides is 1. The molecule has 0 spiro atoms. The first kappa shape index (κ1) is 24.4. The minimum atomic E-state index is -3.99. The molecule has 6 nitrogen and oxygen atoms in total. The van der Waals surface area contributed by atoms with Gasteiger partial charge in [-0.05, 0) is 85.1 Å². The highest BCUT2D eigenvalue weighted by Crippen LogP contribution is 2.25. The van der Waals surface area contributed by atoms with Crippen molar-refractivity contribution >= 4 is 38.9 Å². The summed E-state index contributed by atoms with van der Waals surface area (Å²) in [6.45, 7) is 1.49. The summed E-state index contributed by atoms with van der Waals surface area (Å²) in [5.41, 5.74) is 4.08. The lowest BCUT2D eigenvalue weighted by Crippen LogP contribution is -2.38. The fraction of sp³-hybridized carbons (Fsp3) is 0.111. The fourth-order valence-corrected chi connectivity index (χ4v) is 5.08. The molecular weight excluding hydrogens is 482 g/mol. The van der Waals surface area contributed by atoms with Crippen LogP contribution in [0.15, 0.2) is 102 Å². The van der Waals surface area contributed by atoms with Crippen LogP contribution in [0.4, 0.5) is 11.4 Å². The number of carbonyl (C=O) groups is 1. The van der Waals surface area contributed by atoms with E-state index < -0.39 is 22.5 Å². The lowest BCUT2D eigenvalue weighted by Gasteiger charge is -2.24. The van der Waals surface area contributed by atoms with Gasteiger partial charge in [-0.3, -0.25) is 14.1 Å². The van der Waals surface area contributed by atoms with E-state index in [0.29, 0.717) is 16.4 Å². The molecule has 178 valence electrons. The highest BCUT2D eigenvalue weighted by Gasteiger charge is 2.27. The molecule has 1 amide bonds. The number of hydrogen-bond donors (Lipinski definition) is 1. The van der Waals surface area contributed by atoms with Crippen molar-refractivity contribution in [1.29, 1.82) is 0 Å². The van der Waals surface area contributed by atoms with E-state index in [1.807, 2.05) is 31.2 Å². The zero-order valence-electron chi connectivity index (χ0n) is 19.1. The highest BCUT2D eigenvalue weighted by molar-refractivity contribution is 7.92. The summed E-state index contributed by atoms with van der Waals surface area (Å²) in [5, 5.41) is 3.27. The molecule has 4 aromatic rings. The molecule has 35 heavy (non-hydrogen) atoms. The number of sulfonamides is 1. The van der Waals surface area contributed by atoms with Crippen molar-refractivity contribution in [3.8, 4) is 0 Å². The second-order valence-electron chi connectivity index (χ2n) is 8.08. The zero-order valence-corrected chi connectivity index (χ0v) is 20.6. The third-order valence-corrected chi connectivity index (χ3v) is 7.45. The average Bonchev–Trinajstić information content (AvgIpc) is 2.85. The summed E-state index contributed by atoms with van der Waals surface area (Å²) in [7, 11) is -3.99. The van der Waals surface area contributed by atoms with Crippen LogP contribution in [0.3, 0.4) is 0 Å². The van der Waals surface area contributed by atoms with Crippen LogP contribution < -0.4 is 9.62 Å². The van der Waals surface area contributed by atoms with Crippen LogP contribution in [0.1, 0.15) is 16.7 Å². The van der Waals surface area contributed by atoms with Gasteiger partial charge in [0.2, 0.25) is 5.91 Å². The normalized spacial score (nSPS) is 11.1. The number of benzene rings is 3. The smallest absolute Gasteiger partial charge is 0.264 e. The summed E-state index contributed by atoms with van der Waals surface area (Å²) in [6, 6.07) is 24.2. The van der Waals surface area contributed by atoms with Gasteiger partial charge in [0.05, 0.1) is 10.6 Å². The van der Waals surface area contributed by atoms with E-state index >= 15 is 0 Å². The summed E-state index contributed by atoms with van der Waals surface area (Å²) < 4.78 is 28.0. The van der Waals surface area contributed by atoms with Crippen LogP contribution in [-0.4, -0.2) is 25.9 Å². The highest BCUT2D eigenvalue weighted by atomic mass is 35.5. The summed E-state index contributed by atoms with van der Waals surface area (Å²) >= 11 is 5.99. The molecule has 0 radical (unpaired) electrons. The van der Waals surface area contributed by atoms with Crippen molar-refractivity contribution in [3.63, 3.8) is 0 Å². The topological polar surface area (TPSA) is 79.4 Å². The number of pyridine rings is 1. The molecule has 1 N–H and O–H groups in total. The maximum Gasteiger partial charge on any atom is 0.264 e. The van der Waals surface area contributed by atoms with E-state index in [0.717, 1.165) is 27.4 Å².